The standard InChI is InChI=1S/C25H29F2N3O4S/c1-6-20-21(16-9-12-18(33-5)19(13-16)34-23(26)27)29-30(24(32)35-20)14-15-7-10-17(11-8-15)28-22(31)25(2,3)4/h7-13,20,23H,6,14H2,1-5H3,(H,28,31). The minimum atomic E-state index is -3.00. The molecule has 0 bridgehead atoms. The maximum absolute atomic E-state index is 12.9. The number of nitrogens with one attached hydrogen (secondary N) is 1. The van der Waals surface area contributed by atoms with Crippen molar-refractivity contribution < 1.29 is 27.8 Å². The highest BCUT2D eigenvalue weighted by molar-refractivity contribution is 8.14. The van der Waals surface area contributed by atoms with Crippen LogP contribution in [-0.4, -0.2) is 40.8 Å². The first-order valence-corrected chi connectivity index (χ1v) is 12.0. The minimum absolute atomic E-state index is 0.0950. The van der Waals surface area contributed by atoms with Gasteiger partial charge in [0.2, 0.25) is 5.91 Å². The maximum Gasteiger partial charge on any atom is 0.387 e. The number of hydrogen-bond donors (Lipinski definition) is 1. The van der Waals surface area contributed by atoms with Crippen LogP contribution in [-0.2, 0) is 11.3 Å². The minimum Gasteiger partial charge on any atom is -0.493 e. The van der Waals surface area contributed by atoms with Gasteiger partial charge in [0, 0.05) is 16.7 Å². The lowest BCUT2D eigenvalue weighted by Crippen LogP contribution is -2.34. The fourth-order valence-corrected chi connectivity index (χ4v) is 4.23. The Hall–Kier alpha value is -3.14. The molecular formula is C25H29F2N3O4S. The van der Waals surface area contributed by atoms with E-state index in [0.717, 1.165) is 17.3 Å². The van der Waals surface area contributed by atoms with Crippen LogP contribution in [0.1, 0.15) is 45.2 Å². The van der Waals surface area contributed by atoms with Crippen LogP contribution in [0.2, 0.25) is 0 Å². The summed E-state index contributed by atoms with van der Waals surface area (Å²) in [4.78, 5) is 25.0. The first kappa shape index (κ1) is 26.5. The fraction of sp³-hybridized carbons (Fsp3) is 0.400. The van der Waals surface area contributed by atoms with Gasteiger partial charge >= 0.3 is 11.9 Å². The van der Waals surface area contributed by atoms with E-state index in [9.17, 15) is 18.4 Å². The van der Waals surface area contributed by atoms with E-state index in [-0.39, 0.29) is 34.4 Å². The molecule has 0 spiro atoms. The number of halogens is 2. The Morgan fingerprint density at radius 2 is 1.86 bits per heavy atom. The van der Waals surface area contributed by atoms with Crippen LogP contribution >= 0.6 is 11.8 Å². The Morgan fingerprint density at radius 1 is 1.17 bits per heavy atom. The summed E-state index contributed by atoms with van der Waals surface area (Å²) < 4.78 is 35.5. The van der Waals surface area contributed by atoms with E-state index < -0.39 is 12.0 Å². The van der Waals surface area contributed by atoms with Gasteiger partial charge in [0.05, 0.1) is 24.6 Å². The highest BCUT2D eigenvalue weighted by Gasteiger charge is 2.31. The molecule has 2 aromatic carbocycles. The number of carbonyl (C=O) groups is 2. The number of carbonyl (C=O) groups excluding carboxylic acids is 2. The van der Waals surface area contributed by atoms with Crippen molar-refractivity contribution in [2.75, 3.05) is 12.4 Å². The van der Waals surface area contributed by atoms with Crippen molar-refractivity contribution >= 4 is 34.3 Å². The van der Waals surface area contributed by atoms with Crippen molar-refractivity contribution in [1.29, 1.82) is 0 Å². The predicted octanol–water partition coefficient (Wildman–Crippen LogP) is 6.13. The first-order valence-electron chi connectivity index (χ1n) is 11.1. The molecule has 1 aliphatic heterocycles. The Morgan fingerprint density at radius 3 is 2.43 bits per heavy atom. The van der Waals surface area contributed by atoms with Crippen molar-refractivity contribution in [3.63, 3.8) is 0 Å². The SMILES string of the molecule is CCC1SC(=O)N(Cc2ccc(NC(=O)C(C)(C)C)cc2)N=C1c1ccc(OC)c(OC(F)F)c1. The summed E-state index contributed by atoms with van der Waals surface area (Å²) in [6, 6.07) is 11.9. The normalized spacial score (nSPS) is 16.2. The highest BCUT2D eigenvalue weighted by Crippen LogP contribution is 2.34. The second-order valence-corrected chi connectivity index (χ2v) is 10.1. The molecule has 3 rings (SSSR count). The smallest absolute Gasteiger partial charge is 0.387 e. The molecule has 188 valence electrons. The summed E-state index contributed by atoms with van der Waals surface area (Å²) in [5, 5.41) is 8.36. The number of amides is 2. The third kappa shape index (κ3) is 6.72. The molecule has 0 fully saturated rings. The molecule has 7 nitrogen and oxygen atoms in total. The van der Waals surface area contributed by atoms with Crippen LogP contribution in [0, 0.1) is 5.41 Å². The Kier molecular flexibility index (Phi) is 8.37. The molecule has 0 aromatic heterocycles. The number of methoxy groups -OCH3 is 1. The zero-order valence-electron chi connectivity index (χ0n) is 20.3. The van der Waals surface area contributed by atoms with Gasteiger partial charge in [-0.3, -0.25) is 9.59 Å². The molecule has 1 atom stereocenters. The number of benzene rings is 2. The number of anilines is 1. The van der Waals surface area contributed by atoms with Gasteiger partial charge < -0.3 is 14.8 Å². The van der Waals surface area contributed by atoms with Crippen molar-refractivity contribution in [3.05, 3.63) is 53.6 Å². The van der Waals surface area contributed by atoms with Crippen LogP contribution in [0.4, 0.5) is 19.3 Å². The zero-order chi connectivity index (χ0) is 25.8. The topological polar surface area (TPSA) is 80.2 Å². The molecular weight excluding hydrogens is 476 g/mol. The van der Waals surface area contributed by atoms with Gasteiger partial charge in [-0.2, -0.15) is 13.9 Å². The number of ether oxygens (including phenoxy) is 2. The van der Waals surface area contributed by atoms with E-state index in [1.54, 1.807) is 24.3 Å². The van der Waals surface area contributed by atoms with Crippen molar-refractivity contribution in [1.82, 2.24) is 5.01 Å². The van der Waals surface area contributed by atoms with Gasteiger partial charge in [-0.1, -0.05) is 51.6 Å². The van der Waals surface area contributed by atoms with Crippen LogP contribution in [0.25, 0.3) is 0 Å². The molecule has 10 heteroatoms. The third-order valence-electron chi connectivity index (χ3n) is 5.26. The summed E-state index contributed by atoms with van der Waals surface area (Å²) >= 11 is 1.14. The Labute approximate surface area is 207 Å². The summed E-state index contributed by atoms with van der Waals surface area (Å²) in [7, 11) is 1.37. The largest absolute Gasteiger partial charge is 0.493 e. The molecule has 0 radical (unpaired) electrons. The van der Waals surface area contributed by atoms with Gasteiger partial charge in [0.15, 0.2) is 11.5 Å². The Bertz CT molecular complexity index is 1100. The lowest BCUT2D eigenvalue weighted by Gasteiger charge is -2.28. The predicted molar refractivity (Wildman–Crippen MR) is 133 cm³/mol. The number of hydrogen-bond acceptors (Lipinski definition) is 6. The lowest BCUT2D eigenvalue weighted by atomic mass is 9.95. The first-order chi connectivity index (χ1) is 16.5. The van der Waals surface area contributed by atoms with E-state index in [0.29, 0.717) is 23.4 Å². The average molecular weight is 506 g/mol. The highest BCUT2D eigenvalue weighted by atomic mass is 32.2. The van der Waals surface area contributed by atoms with Crippen LogP contribution in [0.3, 0.4) is 0 Å². The Balaban J connectivity index is 1.85. The van der Waals surface area contributed by atoms with Gasteiger partial charge in [-0.05, 0) is 42.3 Å². The van der Waals surface area contributed by atoms with Crippen molar-refractivity contribution in [2.24, 2.45) is 10.5 Å². The zero-order valence-corrected chi connectivity index (χ0v) is 21.1. The molecule has 1 N–H and O–H groups in total. The van der Waals surface area contributed by atoms with E-state index >= 15 is 0 Å². The van der Waals surface area contributed by atoms with Crippen LogP contribution in [0.5, 0.6) is 11.5 Å². The molecule has 2 amide bonds. The van der Waals surface area contributed by atoms with Gasteiger partial charge in [0.25, 0.3) is 0 Å². The maximum atomic E-state index is 12.9. The summed E-state index contributed by atoms with van der Waals surface area (Å²) in [5.74, 6) is -0.0148. The molecule has 1 aliphatic rings. The summed E-state index contributed by atoms with van der Waals surface area (Å²) in [6.07, 6.45) is 0.627. The number of thioether (sulfide) groups is 1. The molecule has 2 aromatic rings. The molecule has 0 aliphatic carbocycles. The van der Waals surface area contributed by atoms with Gasteiger partial charge in [-0.15, -0.1) is 0 Å². The van der Waals surface area contributed by atoms with Gasteiger partial charge in [0.1, 0.15) is 0 Å². The summed E-state index contributed by atoms with van der Waals surface area (Å²) in [6.45, 7) is 4.65. The molecule has 35 heavy (non-hydrogen) atoms. The second-order valence-electron chi connectivity index (χ2n) is 8.97. The van der Waals surface area contributed by atoms with E-state index in [1.165, 1.54) is 18.2 Å². The van der Waals surface area contributed by atoms with E-state index in [1.807, 2.05) is 39.8 Å². The van der Waals surface area contributed by atoms with Crippen LogP contribution < -0.4 is 14.8 Å². The van der Waals surface area contributed by atoms with Crippen molar-refractivity contribution in [3.8, 4) is 11.5 Å². The van der Waals surface area contributed by atoms with Gasteiger partial charge in [-0.25, -0.2) is 5.01 Å². The molecule has 1 unspecified atom stereocenters. The monoisotopic (exact) mass is 505 g/mol. The van der Waals surface area contributed by atoms with Crippen LogP contribution in [0.15, 0.2) is 47.6 Å². The summed E-state index contributed by atoms with van der Waals surface area (Å²) in [5.41, 5.74) is 2.13. The number of hydrazone groups is 1. The molecule has 1 heterocycles. The quantitative estimate of drug-likeness (QED) is 0.467. The van der Waals surface area contributed by atoms with E-state index in [4.69, 9.17) is 4.74 Å². The average Bonchev–Trinajstić information content (AvgIpc) is 2.80. The lowest BCUT2D eigenvalue weighted by molar-refractivity contribution is -0.123. The van der Waals surface area contributed by atoms with Crippen molar-refractivity contribution in [2.45, 2.75) is 52.5 Å². The number of rotatable bonds is 8. The fourth-order valence-electron chi connectivity index (χ4n) is 3.30. The third-order valence-corrected chi connectivity index (χ3v) is 6.51. The second kappa shape index (κ2) is 11.1. The molecule has 0 saturated heterocycles. The number of nitrogens with zero attached hydrogens (tertiary/aromatic N) is 2. The van der Waals surface area contributed by atoms with E-state index in [2.05, 4.69) is 15.2 Å². The number of alkyl halides is 2. The molecule has 0 saturated carbocycles.